The van der Waals surface area contributed by atoms with Crippen LogP contribution < -0.4 is 5.73 Å². The maximum atomic E-state index is 9.10. The van der Waals surface area contributed by atoms with Crippen molar-refractivity contribution in [3.63, 3.8) is 0 Å². The van der Waals surface area contributed by atoms with E-state index in [0.29, 0.717) is 0 Å². The maximum Gasteiger partial charge on any atom is 0.111 e. The van der Waals surface area contributed by atoms with Gasteiger partial charge in [0.1, 0.15) is 30.5 Å². The van der Waals surface area contributed by atoms with E-state index in [1.165, 1.54) is 0 Å². The predicted octanol–water partition coefficient (Wildman–Crippen LogP) is -3.87. The number of aliphatic hydroxyl groups is 5. The molecule has 1 fully saturated rings. The van der Waals surface area contributed by atoms with Crippen LogP contribution in [0.2, 0.25) is 0 Å². The smallest absolute Gasteiger partial charge is 0.111 e. The first-order valence-electron chi connectivity index (χ1n) is 3.62. The van der Waals surface area contributed by atoms with Crippen molar-refractivity contribution in [1.82, 2.24) is 0 Å². The molecule has 4 atom stereocenters. The predicted molar refractivity (Wildman–Crippen MR) is 38.0 cm³/mol. The Bertz CT molecular complexity index is 107. The lowest BCUT2D eigenvalue weighted by Crippen LogP contribution is -2.66. The number of aliphatic hydroxyl groups excluding tert-OH is 5. The molecule has 1 aliphatic rings. The fraction of sp³-hybridized carbons (Fsp3) is 1.00. The summed E-state index contributed by atoms with van der Waals surface area (Å²) in [5, 5.41) is 45.3. The van der Waals surface area contributed by atoms with Gasteiger partial charge in [-0.3, -0.25) is 0 Å². The van der Waals surface area contributed by atoms with E-state index in [2.05, 4.69) is 0 Å². The maximum absolute atomic E-state index is 9.10. The molecule has 1 aliphatic carbocycles. The molecule has 12 heavy (non-hydrogen) atoms. The standard InChI is InChI=1S/C6H13NO5/c7-1-2(8)4(10)6(12)5(11)3(1)9/h1-6,8-12H,7H2/t1-,2-,3-,4-,5-,6+/m0/s1. The van der Waals surface area contributed by atoms with E-state index < -0.39 is 36.6 Å². The monoisotopic (exact) mass is 179 g/mol. The van der Waals surface area contributed by atoms with E-state index >= 15 is 0 Å². The molecule has 6 heteroatoms. The number of hydrogen-bond donors (Lipinski definition) is 6. The average molecular weight is 179 g/mol. The average Bonchev–Trinajstić information content (AvgIpc) is 2.08. The second-order valence-electron chi connectivity index (χ2n) is 3.03. The van der Waals surface area contributed by atoms with Crippen LogP contribution in [-0.2, 0) is 0 Å². The van der Waals surface area contributed by atoms with Crippen LogP contribution in [0, 0.1) is 0 Å². The Morgan fingerprint density at radius 1 is 0.583 bits per heavy atom. The zero-order chi connectivity index (χ0) is 9.46. The Morgan fingerprint density at radius 3 is 1.17 bits per heavy atom. The van der Waals surface area contributed by atoms with Gasteiger partial charge in [-0.25, -0.2) is 0 Å². The van der Waals surface area contributed by atoms with Crippen LogP contribution in [0.25, 0.3) is 0 Å². The largest absolute Gasteiger partial charge is 0.389 e. The number of nitrogens with two attached hydrogens (primary N) is 1. The van der Waals surface area contributed by atoms with Crippen LogP contribution in [0.4, 0.5) is 0 Å². The van der Waals surface area contributed by atoms with E-state index in [1.54, 1.807) is 0 Å². The van der Waals surface area contributed by atoms with Gasteiger partial charge in [-0.15, -0.1) is 0 Å². The van der Waals surface area contributed by atoms with Crippen molar-refractivity contribution < 1.29 is 25.5 Å². The highest BCUT2D eigenvalue weighted by Gasteiger charge is 2.46. The van der Waals surface area contributed by atoms with Gasteiger partial charge in [-0.1, -0.05) is 0 Å². The molecule has 0 saturated heterocycles. The Hall–Kier alpha value is -0.240. The molecular weight excluding hydrogens is 166 g/mol. The van der Waals surface area contributed by atoms with E-state index in [-0.39, 0.29) is 0 Å². The van der Waals surface area contributed by atoms with Gasteiger partial charge in [0.15, 0.2) is 0 Å². The summed E-state index contributed by atoms with van der Waals surface area (Å²) in [5.41, 5.74) is 5.23. The molecule has 1 rings (SSSR count). The molecule has 0 spiro atoms. The summed E-state index contributed by atoms with van der Waals surface area (Å²) < 4.78 is 0. The van der Waals surface area contributed by atoms with Crippen LogP contribution in [0.1, 0.15) is 0 Å². The SMILES string of the molecule is N[C@H]1[C@H](O)[C@H](O)[C@@H](O)[C@@H](O)[C@H]1O. The summed E-state index contributed by atoms with van der Waals surface area (Å²) in [4.78, 5) is 0. The molecule has 0 aromatic rings. The molecule has 0 aromatic carbocycles. The van der Waals surface area contributed by atoms with Gasteiger partial charge in [0.05, 0.1) is 6.04 Å². The minimum atomic E-state index is -1.56. The Balaban J connectivity index is 2.76. The molecule has 72 valence electrons. The second-order valence-corrected chi connectivity index (χ2v) is 3.03. The van der Waals surface area contributed by atoms with Gasteiger partial charge < -0.3 is 31.3 Å². The van der Waals surface area contributed by atoms with Gasteiger partial charge in [0.25, 0.3) is 0 Å². The van der Waals surface area contributed by atoms with Crippen molar-refractivity contribution in [3.8, 4) is 0 Å². The summed E-state index contributed by atoms with van der Waals surface area (Å²) in [5.74, 6) is 0. The van der Waals surface area contributed by atoms with E-state index in [1.807, 2.05) is 0 Å². The van der Waals surface area contributed by atoms with Crippen LogP contribution in [0.3, 0.4) is 0 Å². The van der Waals surface area contributed by atoms with E-state index in [0.717, 1.165) is 0 Å². The second kappa shape index (κ2) is 3.25. The van der Waals surface area contributed by atoms with E-state index in [4.69, 9.17) is 31.3 Å². The van der Waals surface area contributed by atoms with Crippen LogP contribution in [0.5, 0.6) is 0 Å². The van der Waals surface area contributed by atoms with Gasteiger partial charge in [-0.2, -0.15) is 0 Å². The van der Waals surface area contributed by atoms with Crippen molar-refractivity contribution in [1.29, 1.82) is 0 Å². The molecular formula is C6H13NO5. The fourth-order valence-electron chi connectivity index (χ4n) is 1.26. The minimum Gasteiger partial charge on any atom is -0.389 e. The number of rotatable bonds is 0. The molecule has 0 radical (unpaired) electrons. The lowest BCUT2D eigenvalue weighted by Gasteiger charge is -2.40. The normalized spacial score (nSPS) is 55.5. The van der Waals surface area contributed by atoms with Crippen LogP contribution in [0.15, 0.2) is 0 Å². The minimum absolute atomic E-state index is 1.14. The zero-order valence-electron chi connectivity index (χ0n) is 6.28. The quantitative estimate of drug-likeness (QED) is 0.226. The van der Waals surface area contributed by atoms with Crippen LogP contribution >= 0.6 is 0 Å². The van der Waals surface area contributed by atoms with Crippen molar-refractivity contribution in [2.45, 2.75) is 36.6 Å². The van der Waals surface area contributed by atoms with Gasteiger partial charge in [0, 0.05) is 0 Å². The molecule has 7 N–H and O–H groups in total. The van der Waals surface area contributed by atoms with Gasteiger partial charge >= 0.3 is 0 Å². The molecule has 0 aliphatic heterocycles. The highest BCUT2D eigenvalue weighted by Crippen LogP contribution is 2.19. The summed E-state index contributed by atoms with van der Waals surface area (Å²) in [6.07, 6.45) is -7.43. The third-order valence-corrected chi connectivity index (χ3v) is 2.19. The first-order chi connectivity index (χ1) is 5.46. The van der Waals surface area contributed by atoms with Crippen molar-refractivity contribution in [2.75, 3.05) is 0 Å². The molecule has 0 amide bonds. The summed E-state index contributed by atoms with van der Waals surface area (Å²) in [6, 6.07) is -1.14. The third-order valence-electron chi connectivity index (χ3n) is 2.19. The first kappa shape index (κ1) is 9.85. The molecule has 0 aromatic heterocycles. The molecule has 0 unspecified atom stereocenters. The third kappa shape index (κ3) is 1.33. The molecule has 0 heterocycles. The van der Waals surface area contributed by atoms with Crippen LogP contribution in [-0.4, -0.2) is 62.1 Å². The Kier molecular flexibility index (Phi) is 2.67. The van der Waals surface area contributed by atoms with E-state index in [9.17, 15) is 0 Å². The Morgan fingerprint density at radius 2 is 0.833 bits per heavy atom. The first-order valence-corrected chi connectivity index (χ1v) is 3.62. The lowest BCUT2D eigenvalue weighted by molar-refractivity contribution is -0.184. The molecule has 1 saturated carbocycles. The lowest BCUT2D eigenvalue weighted by atomic mass is 9.84. The topological polar surface area (TPSA) is 127 Å². The van der Waals surface area contributed by atoms with Crippen molar-refractivity contribution in [2.24, 2.45) is 5.73 Å². The van der Waals surface area contributed by atoms with Gasteiger partial charge in [0.2, 0.25) is 0 Å². The summed E-state index contributed by atoms with van der Waals surface area (Å²) >= 11 is 0. The number of hydrogen-bond acceptors (Lipinski definition) is 6. The highest BCUT2D eigenvalue weighted by molar-refractivity contribution is 5.00. The fourth-order valence-corrected chi connectivity index (χ4v) is 1.26. The summed E-state index contributed by atoms with van der Waals surface area (Å²) in [6.45, 7) is 0. The summed E-state index contributed by atoms with van der Waals surface area (Å²) in [7, 11) is 0. The zero-order valence-corrected chi connectivity index (χ0v) is 6.28. The van der Waals surface area contributed by atoms with Crippen molar-refractivity contribution in [3.05, 3.63) is 0 Å². The van der Waals surface area contributed by atoms with Crippen molar-refractivity contribution >= 4 is 0 Å². The van der Waals surface area contributed by atoms with Gasteiger partial charge in [-0.05, 0) is 0 Å². The highest BCUT2D eigenvalue weighted by atomic mass is 16.4. The molecule has 0 bridgehead atoms. The Labute approximate surface area is 68.9 Å². The molecule has 6 nitrogen and oxygen atoms in total.